The Morgan fingerprint density at radius 1 is 1.03 bits per heavy atom. The molecule has 0 atom stereocenters. The van der Waals surface area contributed by atoms with Crippen LogP contribution in [0.2, 0.25) is 5.02 Å². The van der Waals surface area contributed by atoms with Gasteiger partial charge in [-0.05, 0) is 49.2 Å². The van der Waals surface area contributed by atoms with Crippen molar-refractivity contribution < 1.29 is 18.0 Å². The molecule has 9 heteroatoms. The number of hydrogen-bond acceptors (Lipinski definition) is 4. The zero-order valence-electron chi connectivity index (χ0n) is 15.7. The molecule has 29 heavy (non-hydrogen) atoms. The summed E-state index contributed by atoms with van der Waals surface area (Å²) in [6.07, 6.45) is 2.26. The lowest BCUT2D eigenvalue weighted by molar-refractivity contribution is -0.129. The van der Waals surface area contributed by atoms with Gasteiger partial charge in [-0.25, -0.2) is 8.42 Å². The van der Waals surface area contributed by atoms with Crippen LogP contribution in [-0.2, 0) is 14.8 Å². The van der Waals surface area contributed by atoms with E-state index in [1.165, 1.54) is 30.3 Å². The Bertz CT molecular complexity index is 1000. The van der Waals surface area contributed by atoms with Crippen molar-refractivity contribution in [3.8, 4) is 0 Å². The Labute approximate surface area is 175 Å². The zero-order valence-corrected chi connectivity index (χ0v) is 17.3. The summed E-state index contributed by atoms with van der Waals surface area (Å²) >= 11 is 5.88. The molecule has 0 aliphatic carbocycles. The van der Waals surface area contributed by atoms with Crippen LogP contribution in [0.1, 0.15) is 29.6 Å². The largest absolute Gasteiger partial charge is 0.352 e. The Morgan fingerprint density at radius 2 is 1.76 bits per heavy atom. The summed E-state index contributed by atoms with van der Waals surface area (Å²) < 4.78 is 27.6. The molecular weight excluding hydrogens is 414 g/mol. The third kappa shape index (κ3) is 5.71. The number of sulfonamides is 1. The van der Waals surface area contributed by atoms with Gasteiger partial charge in [0.2, 0.25) is 5.91 Å². The van der Waals surface area contributed by atoms with Gasteiger partial charge in [-0.2, -0.15) is 0 Å². The normalized spacial score (nSPS) is 13.9. The summed E-state index contributed by atoms with van der Waals surface area (Å²) in [4.78, 5) is 26.1. The number of benzene rings is 2. The predicted molar refractivity (Wildman–Crippen MR) is 111 cm³/mol. The minimum Gasteiger partial charge on any atom is -0.352 e. The molecule has 0 bridgehead atoms. The van der Waals surface area contributed by atoms with Gasteiger partial charge in [0.05, 0.1) is 10.6 Å². The summed E-state index contributed by atoms with van der Waals surface area (Å²) in [5, 5.41) is 3.07. The smallest absolute Gasteiger partial charge is 0.261 e. The fraction of sp³-hybridized carbons (Fsp3) is 0.300. The van der Waals surface area contributed by atoms with Crippen LogP contribution in [0.25, 0.3) is 0 Å². The van der Waals surface area contributed by atoms with Gasteiger partial charge in [0.15, 0.2) is 0 Å². The van der Waals surface area contributed by atoms with E-state index in [-0.39, 0.29) is 29.3 Å². The molecule has 0 unspecified atom stereocenters. The molecular formula is C20H22ClN3O4S. The highest BCUT2D eigenvalue weighted by molar-refractivity contribution is 7.92. The Hall–Kier alpha value is -2.58. The monoisotopic (exact) mass is 435 g/mol. The average Bonchev–Trinajstić information content (AvgIpc) is 3.22. The van der Waals surface area contributed by atoms with Crippen molar-refractivity contribution in [3.63, 3.8) is 0 Å². The number of amides is 2. The lowest BCUT2D eigenvalue weighted by atomic mass is 10.2. The van der Waals surface area contributed by atoms with Crippen molar-refractivity contribution in [2.24, 2.45) is 0 Å². The van der Waals surface area contributed by atoms with Crippen LogP contribution in [-0.4, -0.2) is 44.8 Å². The molecule has 1 aliphatic heterocycles. The molecule has 0 radical (unpaired) electrons. The molecule has 7 nitrogen and oxygen atoms in total. The maximum Gasteiger partial charge on any atom is 0.261 e. The van der Waals surface area contributed by atoms with Gasteiger partial charge in [0, 0.05) is 36.6 Å². The fourth-order valence-electron chi connectivity index (χ4n) is 3.08. The SMILES string of the molecule is O=C(NCCC(=O)N1CCCC1)c1cccc(S(=O)(=O)Nc2cccc(Cl)c2)c1. The topological polar surface area (TPSA) is 95.6 Å². The summed E-state index contributed by atoms with van der Waals surface area (Å²) in [6.45, 7) is 1.74. The van der Waals surface area contributed by atoms with E-state index in [9.17, 15) is 18.0 Å². The molecule has 3 rings (SSSR count). The van der Waals surface area contributed by atoms with Crippen LogP contribution in [0.4, 0.5) is 5.69 Å². The van der Waals surface area contributed by atoms with Crippen LogP contribution >= 0.6 is 11.6 Å². The van der Waals surface area contributed by atoms with Gasteiger partial charge in [0.25, 0.3) is 15.9 Å². The molecule has 0 saturated carbocycles. The number of anilines is 1. The average molecular weight is 436 g/mol. The molecule has 2 amide bonds. The van der Waals surface area contributed by atoms with Crippen LogP contribution in [0.3, 0.4) is 0 Å². The highest BCUT2D eigenvalue weighted by Gasteiger charge is 2.19. The molecule has 2 aromatic carbocycles. The molecule has 0 spiro atoms. The van der Waals surface area contributed by atoms with Crippen molar-refractivity contribution in [1.82, 2.24) is 10.2 Å². The van der Waals surface area contributed by atoms with E-state index in [1.54, 1.807) is 23.1 Å². The number of carbonyl (C=O) groups is 2. The number of nitrogens with one attached hydrogen (secondary N) is 2. The molecule has 0 aromatic heterocycles. The molecule has 154 valence electrons. The highest BCUT2D eigenvalue weighted by atomic mass is 35.5. The lowest BCUT2D eigenvalue weighted by Crippen LogP contribution is -2.32. The maximum absolute atomic E-state index is 12.6. The predicted octanol–water partition coefficient (Wildman–Crippen LogP) is 2.88. The molecule has 1 fully saturated rings. The van der Waals surface area contributed by atoms with Crippen LogP contribution in [0.5, 0.6) is 0 Å². The summed E-state index contributed by atoms with van der Waals surface area (Å²) in [6, 6.07) is 12.1. The van der Waals surface area contributed by atoms with E-state index in [0.29, 0.717) is 10.7 Å². The first-order chi connectivity index (χ1) is 13.8. The third-order valence-corrected chi connectivity index (χ3v) is 6.18. The second kappa shape index (κ2) is 9.28. The van der Waals surface area contributed by atoms with Gasteiger partial charge in [0.1, 0.15) is 0 Å². The van der Waals surface area contributed by atoms with Crippen LogP contribution in [0.15, 0.2) is 53.4 Å². The van der Waals surface area contributed by atoms with Crippen molar-refractivity contribution in [2.75, 3.05) is 24.4 Å². The number of hydrogen-bond donors (Lipinski definition) is 2. The standard InChI is InChI=1S/C20H22ClN3O4S/c21-16-6-4-7-17(14-16)23-29(27,28)18-8-3-5-15(13-18)20(26)22-10-9-19(25)24-11-1-2-12-24/h3-8,13-14,23H,1-2,9-12H2,(H,22,26). The van der Waals surface area contributed by atoms with Gasteiger partial charge >= 0.3 is 0 Å². The first-order valence-corrected chi connectivity index (χ1v) is 11.2. The zero-order chi connectivity index (χ0) is 20.9. The maximum atomic E-state index is 12.6. The van der Waals surface area contributed by atoms with Crippen molar-refractivity contribution >= 4 is 39.1 Å². The summed E-state index contributed by atoms with van der Waals surface area (Å²) in [5.74, 6) is -0.413. The Kier molecular flexibility index (Phi) is 6.76. The fourth-order valence-corrected chi connectivity index (χ4v) is 4.37. The highest BCUT2D eigenvalue weighted by Crippen LogP contribution is 2.20. The Balaban J connectivity index is 1.61. The molecule has 2 N–H and O–H groups in total. The number of likely N-dealkylation sites (tertiary alicyclic amines) is 1. The van der Waals surface area contributed by atoms with Gasteiger partial charge in [-0.15, -0.1) is 0 Å². The molecule has 1 saturated heterocycles. The van der Waals surface area contributed by atoms with E-state index >= 15 is 0 Å². The lowest BCUT2D eigenvalue weighted by Gasteiger charge is -2.15. The van der Waals surface area contributed by atoms with E-state index in [2.05, 4.69) is 10.0 Å². The van der Waals surface area contributed by atoms with Gasteiger partial charge in [-0.1, -0.05) is 23.7 Å². The van der Waals surface area contributed by atoms with Gasteiger partial charge < -0.3 is 10.2 Å². The minimum absolute atomic E-state index is 0.0184. The summed E-state index contributed by atoms with van der Waals surface area (Å²) in [7, 11) is -3.88. The van der Waals surface area contributed by atoms with Crippen molar-refractivity contribution in [3.05, 3.63) is 59.1 Å². The molecule has 1 aliphatic rings. The second-order valence-corrected chi connectivity index (χ2v) is 8.86. The molecule has 1 heterocycles. The molecule has 2 aromatic rings. The van der Waals surface area contributed by atoms with Crippen molar-refractivity contribution in [1.29, 1.82) is 0 Å². The first kappa shape index (κ1) is 21.1. The van der Waals surface area contributed by atoms with E-state index in [4.69, 9.17) is 11.6 Å². The number of rotatable bonds is 7. The number of carbonyl (C=O) groups excluding carboxylic acids is 2. The second-order valence-electron chi connectivity index (χ2n) is 6.74. The number of halogens is 1. The van der Waals surface area contributed by atoms with Gasteiger partial charge in [-0.3, -0.25) is 14.3 Å². The third-order valence-electron chi connectivity index (χ3n) is 4.57. The first-order valence-electron chi connectivity index (χ1n) is 9.29. The number of nitrogens with zero attached hydrogens (tertiary/aromatic N) is 1. The quantitative estimate of drug-likeness (QED) is 0.699. The van der Waals surface area contributed by atoms with Crippen molar-refractivity contribution in [2.45, 2.75) is 24.2 Å². The van der Waals surface area contributed by atoms with Crippen LogP contribution in [0, 0.1) is 0 Å². The Morgan fingerprint density at radius 3 is 2.48 bits per heavy atom. The van der Waals surface area contributed by atoms with E-state index in [1.807, 2.05) is 0 Å². The van der Waals surface area contributed by atoms with E-state index < -0.39 is 15.9 Å². The van der Waals surface area contributed by atoms with E-state index in [0.717, 1.165) is 25.9 Å². The summed E-state index contributed by atoms with van der Waals surface area (Å²) in [5.41, 5.74) is 0.528. The minimum atomic E-state index is -3.88. The van der Waals surface area contributed by atoms with Crippen LogP contribution < -0.4 is 10.0 Å².